The number of sulfonamides is 1. The van der Waals surface area contributed by atoms with E-state index in [1.807, 2.05) is 0 Å². The van der Waals surface area contributed by atoms with Crippen LogP contribution in [-0.2, 0) is 16.6 Å². The molecule has 3 aromatic rings. The van der Waals surface area contributed by atoms with Gasteiger partial charge in [0.2, 0.25) is 16.0 Å². The van der Waals surface area contributed by atoms with Crippen molar-refractivity contribution in [3.8, 4) is 0 Å². The van der Waals surface area contributed by atoms with E-state index in [1.54, 1.807) is 19.1 Å². The van der Waals surface area contributed by atoms with E-state index >= 15 is 0 Å². The maximum absolute atomic E-state index is 11.9. The third kappa shape index (κ3) is 4.79. The molecule has 5 N–H and O–H groups in total. The Kier molecular flexibility index (Phi) is 5.53. The number of nitrogens with zero attached hydrogens (tertiary/aromatic N) is 2. The monoisotopic (exact) mass is 420 g/mol. The van der Waals surface area contributed by atoms with Crippen molar-refractivity contribution in [1.82, 2.24) is 15.0 Å². The summed E-state index contributed by atoms with van der Waals surface area (Å²) in [6.45, 7) is 2.02. The van der Waals surface area contributed by atoms with Crippen LogP contribution in [0.25, 0.3) is 0 Å². The van der Waals surface area contributed by atoms with Gasteiger partial charge in [0.05, 0.1) is 15.5 Å². The number of H-pyrrole nitrogens is 1. The molecule has 146 valence electrons. The fourth-order valence-electron chi connectivity index (χ4n) is 2.27. The lowest BCUT2D eigenvalue weighted by molar-refractivity contribution is 0.112. The first-order valence-corrected chi connectivity index (χ1v) is 10.3. The van der Waals surface area contributed by atoms with E-state index in [0.29, 0.717) is 34.4 Å². The van der Waals surface area contributed by atoms with Gasteiger partial charge in [-0.25, -0.2) is 18.5 Å². The van der Waals surface area contributed by atoms with Crippen LogP contribution in [-0.4, -0.2) is 29.7 Å². The van der Waals surface area contributed by atoms with Crippen molar-refractivity contribution in [3.63, 3.8) is 0 Å². The third-order valence-corrected chi connectivity index (χ3v) is 5.56. The number of aryl methyl sites for hydroxylation is 1. The molecule has 0 fully saturated rings. The minimum Gasteiger partial charge on any atom is -0.366 e. The quantitative estimate of drug-likeness (QED) is 0.417. The number of hydrogen-bond donors (Lipinski definition) is 4. The van der Waals surface area contributed by atoms with E-state index in [1.165, 1.54) is 18.2 Å². The predicted octanol–water partition coefficient (Wildman–Crippen LogP) is 1.35. The maximum Gasteiger partial charge on any atom is 0.254 e. The zero-order valence-corrected chi connectivity index (χ0v) is 16.2. The van der Waals surface area contributed by atoms with Gasteiger partial charge in [-0.15, -0.1) is 0 Å². The molecule has 0 saturated heterocycles. The minimum absolute atomic E-state index is 0.0189. The van der Waals surface area contributed by atoms with Gasteiger partial charge in [0.1, 0.15) is 5.82 Å². The third-order valence-electron chi connectivity index (χ3n) is 3.63. The van der Waals surface area contributed by atoms with Gasteiger partial charge in [0, 0.05) is 12.6 Å². The number of thiazole rings is 1. The highest BCUT2D eigenvalue weighted by Gasteiger charge is 2.09. The number of nitrogens with one attached hydrogen (secondary N) is 3. The molecule has 0 bridgehead atoms. The number of aromatic nitrogens is 3. The molecular formula is C16H16N6O4S2. The van der Waals surface area contributed by atoms with Crippen LogP contribution in [0.2, 0.25) is 0 Å². The Morgan fingerprint density at radius 3 is 2.57 bits per heavy atom. The van der Waals surface area contributed by atoms with Gasteiger partial charge in [0.15, 0.2) is 11.4 Å². The van der Waals surface area contributed by atoms with Crippen molar-refractivity contribution in [2.75, 3.05) is 10.6 Å². The molecule has 0 aliphatic rings. The average Bonchev–Trinajstić information content (AvgIpc) is 2.98. The number of primary sulfonamides is 1. The van der Waals surface area contributed by atoms with Crippen LogP contribution in [0.15, 0.2) is 40.0 Å². The van der Waals surface area contributed by atoms with E-state index in [-0.39, 0.29) is 16.4 Å². The highest BCUT2D eigenvalue weighted by Crippen LogP contribution is 2.23. The first-order valence-electron chi connectivity index (χ1n) is 7.91. The summed E-state index contributed by atoms with van der Waals surface area (Å²) >= 11 is 1.15. The van der Waals surface area contributed by atoms with Gasteiger partial charge >= 0.3 is 0 Å². The topological polar surface area (TPSA) is 160 Å². The zero-order chi connectivity index (χ0) is 20.3. The molecule has 12 heteroatoms. The molecule has 0 amide bonds. The molecule has 0 unspecified atom stereocenters. The average molecular weight is 420 g/mol. The van der Waals surface area contributed by atoms with E-state index < -0.39 is 10.0 Å². The molecule has 0 aliphatic heterocycles. The Hall–Kier alpha value is -3.09. The molecule has 0 saturated carbocycles. The fraction of sp³-hybridized carbons (Fsp3) is 0.125. The fourth-order valence-corrected chi connectivity index (χ4v) is 3.56. The summed E-state index contributed by atoms with van der Waals surface area (Å²) < 4.78 is 22.5. The highest BCUT2D eigenvalue weighted by atomic mass is 32.2. The molecule has 0 atom stereocenters. The first-order chi connectivity index (χ1) is 13.2. The molecule has 1 aromatic carbocycles. The SMILES string of the molecule is Cc1nc(Nc2nc(NCc3ccc(S(N)(=O)=O)cc3)cc(=O)[nH]2)sc1C=O. The van der Waals surface area contributed by atoms with E-state index in [2.05, 4.69) is 25.6 Å². The van der Waals surface area contributed by atoms with Crippen LogP contribution in [0.1, 0.15) is 20.9 Å². The van der Waals surface area contributed by atoms with Gasteiger partial charge in [-0.05, 0) is 24.6 Å². The van der Waals surface area contributed by atoms with E-state index in [0.717, 1.165) is 16.9 Å². The standard InChI is InChI=1S/C16H16N6O4S2/c1-9-12(8-23)27-16(19-9)22-15-20-13(6-14(24)21-15)18-7-10-2-4-11(5-3-10)28(17,25)26/h2-6,8H,7H2,1H3,(H2,17,25,26)(H3,18,19,20,21,22,24). The van der Waals surface area contributed by atoms with Gasteiger partial charge < -0.3 is 10.6 Å². The number of carbonyl (C=O) groups is 1. The molecule has 28 heavy (non-hydrogen) atoms. The normalized spacial score (nSPS) is 11.2. The van der Waals surface area contributed by atoms with Crippen molar-refractivity contribution in [2.45, 2.75) is 18.4 Å². The Morgan fingerprint density at radius 2 is 1.96 bits per heavy atom. The number of aromatic amines is 1. The van der Waals surface area contributed by atoms with Crippen LogP contribution in [0.5, 0.6) is 0 Å². The van der Waals surface area contributed by atoms with E-state index in [9.17, 15) is 18.0 Å². The largest absolute Gasteiger partial charge is 0.366 e. The number of benzene rings is 1. The number of anilines is 3. The van der Waals surface area contributed by atoms with Crippen molar-refractivity contribution in [3.05, 3.63) is 56.8 Å². The highest BCUT2D eigenvalue weighted by molar-refractivity contribution is 7.89. The number of hydrogen-bond acceptors (Lipinski definition) is 9. The first kappa shape index (κ1) is 19.7. The van der Waals surface area contributed by atoms with Crippen molar-refractivity contribution in [2.24, 2.45) is 5.14 Å². The Morgan fingerprint density at radius 1 is 1.25 bits per heavy atom. The second-order valence-electron chi connectivity index (χ2n) is 5.73. The second kappa shape index (κ2) is 7.88. The van der Waals surface area contributed by atoms with E-state index in [4.69, 9.17) is 5.14 Å². The molecular weight excluding hydrogens is 404 g/mol. The smallest absolute Gasteiger partial charge is 0.254 e. The van der Waals surface area contributed by atoms with Crippen LogP contribution >= 0.6 is 11.3 Å². The number of aldehydes is 1. The lowest BCUT2D eigenvalue weighted by atomic mass is 10.2. The second-order valence-corrected chi connectivity index (χ2v) is 8.33. The van der Waals surface area contributed by atoms with Crippen LogP contribution in [0, 0.1) is 6.92 Å². The molecule has 2 heterocycles. The summed E-state index contributed by atoms with van der Waals surface area (Å²) in [6.07, 6.45) is 0.716. The Bertz CT molecular complexity index is 1170. The summed E-state index contributed by atoms with van der Waals surface area (Å²) in [7, 11) is -3.74. The molecule has 0 aliphatic carbocycles. The molecule has 0 radical (unpaired) electrons. The van der Waals surface area contributed by atoms with Crippen molar-refractivity contribution >= 4 is 44.5 Å². The summed E-state index contributed by atoms with van der Waals surface area (Å²) in [4.78, 5) is 34.3. The van der Waals surface area contributed by atoms with Crippen LogP contribution < -0.4 is 21.3 Å². The molecule has 2 aromatic heterocycles. The number of carbonyl (C=O) groups excluding carboxylic acids is 1. The van der Waals surface area contributed by atoms with Crippen LogP contribution in [0.3, 0.4) is 0 Å². The lowest BCUT2D eigenvalue weighted by Crippen LogP contribution is -2.13. The molecule has 0 spiro atoms. The summed E-state index contributed by atoms with van der Waals surface area (Å²) in [6, 6.07) is 7.31. The Labute approximate surface area is 163 Å². The van der Waals surface area contributed by atoms with Gasteiger partial charge in [0.25, 0.3) is 5.56 Å². The molecule has 10 nitrogen and oxygen atoms in total. The predicted molar refractivity (Wildman–Crippen MR) is 106 cm³/mol. The maximum atomic E-state index is 11.9. The summed E-state index contributed by atoms with van der Waals surface area (Å²) in [5.41, 5.74) is 0.977. The zero-order valence-electron chi connectivity index (χ0n) is 14.6. The van der Waals surface area contributed by atoms with Crippen molar-refractivity contribution < 1.29 is 13.2 Å². The number of nitrogens with two attached hydrogens (primary N) is 1. The molecule has 3 rings (SSSR count). The van der Waals surface area contributed by atoms with Gasteiger partial charge in [-0.1, -0.05) is 23.5 Å². The van der Waals surface area contributed by atoms with Gasteiger partial charge in [-0.3, -0.25) is 14.6 Å². The summed E-state index contributed by atoms with van der Waals surface area (Å²) in [5.74, 6) is 0.483. The van der Waals surface area contributed by atoms with Gasteiger partial charge in [-0.2, -0.15) is 4.98 Å². The van der Waals surface area contributed by atoms with Crippen LogP contribution in [0.4, 0.5) is 16.9 Å². The lowest BCUT2D eigenvalue weighted by Gasteiger charge is -2.08. The Balaban J connectivity index is 1.72. The number of rotatable bonds is 7. The summed E-state index contributed by atoms with van der Waals surface area (Å²) in [5, 5.41) is 11.3. The minimum atomic E-state index is -3.74. The van der Waals surface area contributed by atoms with Crippen molar-refractivity contribution in [1.29, 1.82) is 0 Å².